The van der Waals surface area contributed by atoms with Crippen molar-refractivity contribution in [1.29, 1.82) is 0 Å². The first kappa shape index (κ1) is 18.5. The van der Waals surface area contributed by atoms with Crippen molar-refractivity contribution in [1.82, 2.24) is 9.97 Å². The summed E-state index contributed by atoms with van der Waals surface area (Å²) < 4.78 is 0. The molecule has 0 atom stereocenters. The molecular weight excluding hydrogens is 366 g/mol. The molecule has 6 heteroatoms. The van der Waals surface area contributed by atoms with E-state index in [4.69, 9.17) is 11.6 Å². The van der Waals surface area contributed by atoms with E-state index in [1.165, 1.54) is 11.3 Å². The van der Waals surface area contributed by atoms with Gasteiger partial charge in [-0.3, -0.25) is 9.78 Å². The molecule has 2 heterocycles. The van der Waals surface area contributed by atoms with Crippen LogP contribution in [0.25, 0.3) is 10.7 Å². The molecule has 0 fully saturated rings. The summed E-state index contributed by atoms with van der Waals surface area (Å²) in [6.07, 6.45) is 3.29. The summed E-state index contributed by atoms with van der Waals surface area (Å²) in [6, 6.07) is 9.52. The molecule has 0 aliphatic heterocycles. The van der Waals surface area contributed by atoms with E-state index in [-0.39, 0.29) is 5.91 Å². The zero-order valence-electron chi connectivity index (χ0n) is 15.0. The molecule has 4 nitrogen and oxygen atoms in total. The highest BCUT2D eigenvalue weighted by Gasteiger charge is 2.19. The highest BCUT2D eigenvalue weighted by molar-refractivity contribution is 7.17. The van der Waals surface area contributed by atoms with E-state index in [0.717, 1.165) is 40.4 Å². The Bertz CT molecular complexity index is 938. The Morgan fingerprint density at radius 3 is 2.65 bits per heavy atom. The molecule has 0 bridgehead atoms. The van der Waals surface area contributed by atoms with Gasteiger partial charge in [-0.1, -0.05) is 37.6 Å². The molecule has 0 aliphatic carbocycles. The highest BCUT2D eigenvalue weighted by Crippen LogP contribution is 2.32. The fourth-order valence-corrected chi connectivity index (χ4v) is 4.07. The normalized spacial score (nSPS) is 10.8. The molecule has 2 aromatic heterocycles. The van der Waals surface area contributed by atoms with Gasteiger partial charge in [-0.15, -0.1) is 11.3 Å². The first-order valence-corrected chi connectivity index (χ1v) is 9.75. The number of carbonyl (C=O) groups is 1. The Hall–Kier alpha value is -2.24. The first-order valence-electron chi connectivity index (χ1n) is 8.55. The molecule has 0 saturated carbocycles. The van der Waals surface area contributed by atoms with Gasteiger partial charge in [-0.25, -0.2) is 4.98 Å². The zero-order chi connectivity index (χ0) is 18.7. The quantitative estimate of drug-likeness (QED) is 0.626. The molecule has 3 aromatic rings. The van der Waals surface area contributed by atoms with Crippen LogP contribution >= 0.6 is 22.9 Å². The minimum atomic E-state index is -0.158. The lowest BCUT2D eigenvalue weighted by Gasteiger charge is -2.15. The number of amides is 1. The fraction of sp³-hybridized carbons (Fsp3) is 0.250. The Morgan fingerprint density at radius 1 is 1.19 bits per heavy atom. The minimum absolute atomic E-state index is 0.158. The molecule has 0 unspecified atom stereocenters. The smallest absolute Gasteiger partial charge is 0.267 e. The number of pyridine rings is 1. The Kier molecular flexibility index (Phi) is 5.69. The minimum Gasteiger partial charge on any atom is -0.321 e. The monoisotopic (exact) mass is 385 g/mol. The van der Waals surface area contributed by atoms with Crippen LogP contribution in [0.2, 0.25) is 5.02 Å². The number of halogens is 1. The standard InChI is InChI=1S/C20H20ClN3OS/c1-4-13-9-10-15(21)14(5-2)17(13)24-19(25)18-12(3)23-20(26-18)16-8-6-7-11-22-16/h6-11H,4-5H2,1-3H3,(H,24,25). The number of aromatic nitrogens is 2. The van der Waals surface area contributed by atoms with Crippen molar-refractivity contribution in [2.24, 2.45) is 0 Å². The SMILES string of the molecule is CCc1ccc(Cl)c(CC)c1NC(=O)c1sc(-c2ccccn2)nc1C. The molecular formula is C20H20ClN3OS. The second-order valence-electron chi connectivity index (χ2n) is 5.87. The predicted octanol–water partition coefficient (Wildman–Crippen LogP) is 5.54. The summed E-state index contributed by atoms with van der Waals surface area (Å²) in [5.41, 5.74) is 4.33. The number of benzene rings is 1. The van der Waals surface area contributed by atoms with E-state index in [0.29, 0.717) is 15.6 Å². The molecule has 3 rings (SSSR count). The third-order valence-electron chi connectivity index (χ3n) is 4.20. The zero-order valence-corrected chi connectivity index (χ0v) is 16.5. The first-order chi connectivity index (χ1) is 12.5. The number of nitrogens with zero attached hydrogens (tertiary/aromatic N) is 2. The van der Waals surface area contributed by atoms with Crippen LogP contribution in [-0.2, 0) is 12.8 Å². The van der Waals surface area contributed by atoms with Crippen LogP contribution < -0.4 is 5.32 Å². The summed E-state index contributed by atoms with van der Waals surface area (Å²) >= 11 is 7.69. The van der Waals surface area contributed by atoms with Gasteiger partial charge >= 0.3 is 0 Å². The van der Waals surface area contributed by atoms with Crippen LogP contribution in [0.15, 0.2) is 36.5 Å². The van der Waals surface area contributed by atoms with Gasteiger partial charge in [0.2, 0.25) is 0 Å². The van der Waals surface area contributed by atoms with Crippen LogP contribution in [0.3, 0.4) is 0 Å². The summed E-state index contributed by atoms with van der Waals surface area (Å²) in [6.45, 7) is 5.94. The van der Waals surface area contributed by atoms with E-state index < -0.39 is 0 Å². The van der Waals surface area contributed by atoms with Gasteiger partial charge in [0, 0.05) is 16.9 Å². The van der Waals surface area contributed by atoms with Crippen molar-refractivity contribution in [2.75, 3.05) is 5.32 Å². The highest BCUT2D eigenvalue weighted by atomic mass is 35.5. The van der Waals surface area contributed by atoms with Crippen LogP contribution in [0.5, 0.6) is 0 Å². The molecule has 134 valence electrons. The van der Waals surface area contributed by atoms with Crippen molar-refractivity contribution >= 4 is 34.5 Å². The lowest BCUT2D eigenvalue weighted by atomic mass is 10.0. The van der Waals surface area contributed by atoms with Gasteiger partial charge < -0.3 is 5.32 Å². The predicted molar refractivity (Wildman–Crippen MR) is 108 cm³/mol. The molecule has 0 spiro atoms. The molecule has 0 radical (unpaired) electrons. The van der Waals surface area contributed by atoms with Gasteiger partial charge in [-0.05, 0) is 49.1 Å². The van der Waals surface area contributed by atoms with Gasteiger partial charge in [0.15, 0.2) is 0 Å². The van der Waals surface area contributed by atoms with Crippen molar-refractivity contribution < 1.29 is 4.79 Å². The fourth-order valence-electron chi connectivity index (χ4n) is 2.84. The van der Waals surface area contributed by atoms with Crippen molar-refractivity contribution in [3.63, 3.8) is 0 Å². The molecule has 1 aromatic carbocycles. The largest absolute Gasteiger partial charge is 0.321 e. The van der Waals surface area contributed by atoms with Crippen LogP contribution in [-0.4, -0.2) is 15.9 Å². The second-order valence-corrected chi connectivity index (χ2v) is 7.28. The molecule has 0 aliphatic rings. The van der Waals surface area contributed by atoms with Crippen LogP contribution in [0.1, 0.15) is 40.3 Å². The van der Waals surface area contributed by atoms with Crippen molar-refractivity contribution in [3.8, 4) is 10.7 Å². The van der Waals surface area contributed by atoms with Gasteiger partial charge in [-0.2, -0.15) is 0 Å². The van der Waals surface area contributed by atoms with Crippen molar-refractivity contribution in [3.05, 3.63) is 63.2 Å². The summed E-state index contributed by atoms with van der Waals surface area (Å²) in [5, 5.41) is 4.49. The van der Waals surface area contributed by atoms with Crippen LogP contribution in [0, 0.1) is 6.92 Å². The van der Waals surface area contributed by atoms with E-state index in [2.05, 4.69) is 22.2 Å². The maximum Gasteiger partial charge on any atom is 0.267 e. The van der Waals surface area contributed by atoms with E-state index in [9.17, 15) is 4.79 Å². The number of thiazole rings is 1. The Morgan fingerprint density at radius 2 is 2.00 bits per heavy atom. The molecule has 26 heavy (non-hydrogen) atoms. The lowest BCUT2D eigenvalue weighted by Crippen LogP contribution is -2.15. The molecule has 1 N–H and O–H groups in total. The average Bonchev–Trinajstić information content (AvgIpc) is 3.05. The number of hydrogen-bond donors (Lipinski definition) is 1. The lowest BCUT2D eigenvalue weighted by molar-refractivity contribution is 0.102. The maximum absolute atomic E-state index is 12.9. The number of hydrogen-bond acceptors (Lipinski definition) is 4. The van der Waals surface area contributed by atoms with Crippen molar-refractivity contribution in [2.45, 2.75) is 33.6 Å². The number of carbonyl (C=O) groups excluding carboxylic acids is 1. The Labute approximate surface area is 162 Å². The summed E-state index contributed by atoms with van der Waals surface area (Å²) in [7, 11) is 0. The Balaban J connectivity index is 1.95. The van der Waals surface area contributed by atoms with Gasteiger partial charge in [0.1, 0.15) is 9.88 Å². The topological polar surface area (TPSA) is 54.9 Å². The third kappa shape index (κ3) is 3.64. The van der Waals surface area contributed by atoms with E-state index >= 15 is 0 Å². The number of rotatable bonds is 5. The number of aryl methyl sites for hydroxylation is 2. The average molecular weight is 386 g/mol. The summed E-state index contributed by atoms with van der Waals surface area (Å²) in [4.78, 5) is 22.3. The molecule has 0 saturated heterocycles. The van der Waals surface area contributed by atoms with Gasteiger partial charge in [0.25, 0.3) is 5.91 Å². The second kappa shape index (κ2) is 7.98. The third-order valence-corrected chi connectivity index (χ3v) is 5.73. The maximum atomic E-state index is 12.9. The van der Waals surface area contributed by atoms with Crippen LogP contribution in [0.4, 0.5) is 5.69 Å². The number of nitrogens with one attached hydrogen (secondary N) is 1. The molecule has 1 amide bonds. The van der Waals surface area contributed by atoms with E-state index in [1.54, 1.807) is 6.20 Å². The number of anilines is 1. The van der Waals surface area contributed by atoms with E-state index in [1.807, 2.05) is 44.2 Å². The van der Waals surface area contributed by atoms with Gasteiger partial charge in [0.05, 0.1) is 11.4 Å². The summed E-state index contributed by atoms with van der Waals surface area (Å²) in [5.74, 6) is -0.158.